The quantitative estimate of drug-likeness (QED) is 0.212. The van der Waals surface area contributed by atoms with Gasteiger partial charge in [0.05, 0.1) is 43.9 Å². The van der Waals surface area contributed by atoms with Crippen molar-refractivity contribution >= 4 is 18.3 Å². The Bertz CT molecular complexity index is 1400. The number of amides is 2. The lowest BCUT2D eigenvalue weighted by molar-refractivity contribution is -0.107. The Kier molecular flexibility index (Phi) is 10.4. The fourth-order valence-electron chi connectivity index (χ4n) is 6.45. The molecule has 3 atom stereocenters. The molecule has 1 saturated heterocycles. The van der Waals surface area contributed by atoms with Gasteiger partial charge in [-0.15, -0.1) is 0 Å². The number of hydrogen-bond acceptors (Lipinski definition) is 7. The zero-order chi connectivity index (χ0) is 30.9. The molecular formula is C33H41N5O6. The number of aromatic nitrogens is 2. The van der Waals surface area contributed by atoms with Gasteiger partial charge >= 0.3 is 6.09 Å². The molecule has 2 heterocycles. The fraction of sp³-hybridized carbons (Fsp3) is 0.455. The van der Waals surface area contributed by atoms with Crippen LogP contribution in [0.3, 0.4) is 0 Å². The Morgan fingerprint density at radius 2 is 1.82 bits per heavy atom. The SMILES string of the molecule is O=CCNCCOCC1(O)CCCCC1n1cnc(C(=O)N2CCN(C(=O)O)C[C@H]2Cc2ccccc2)c1-c1ccccc1. The second kappa shape index (κ2) is 14.6. The molecule has 1 aliphatic heterocycles. The van der Waals surface area contributed by atoms with Crippen LogP contribution in [0.25, 0.3) is 11.3 Å². The van der Waals surface area contributed by atoms with E-state index in [0.29, 0.717) is 38.1 Å². The van der Waals surface area contributed by atoms with Gasteiger partial charge in [-0.05, 0) is 24.8 Å². The van der Waals surface area contributed by atoms with Gasteiger partial charge in [-0.3, -0.25) is 4.79 Å². The molecule has 44 heavy (non-hydrogen) atoms. The minimum Gasteiger partial charge on any atom is -0.465 e. The number of carboxylic acid groups (broad SMARTS) is 1. The monoisotopic (exact) mass is 603 g/mol. The molecule has 234 valence electrons. The molecule has 2 amide bonds. The molecule has 3 aromatic rings. The Morgan fingerprint density at radius 1 is 1.07 bits per heavy atom. The molecule has 11 heteroatoms. The van der Waals surface area contributed by atoms with Crippen molar-refractivity contribution in [1.29, 1.82) is 0 Å². The van der Waals surface area contributed by atoms with Gasteiger partial charge in [-0.1, -0.05) is 73.5 Å². The number of nitrogens with zero attached hydrogens (tertiary/aromatic N) is 4. The smallest absolute Gasteiger partial charge is 0.407 e. The van der Waals surface area contributed by atoms with Gasteiger partial charge in [0.2, 0.25) is 0 Å². The van der Waals surface area contributed by atoms with E-state index in [1.54, 1.807) is 11.2 Å². The van der Waals surface area contributed by atoms with E-state index in [-0.39, 0.29) is 56.5 Å². The summed E-state index contributed by atoms with van der Waals surface area (Å²) in [6.45, 7) is 1.90. The Balaban J connectivity index is 1.46. The van der Waals surface area contributed by atoms with Crippen molar-refractivity contribution in [2.45, 2.75) is 49.8 Å². The molecule has 2 aromatic carbocycles. The van der Waals surface area contributed by atoms with Gasteiger partial charge in [0.1, 0.15) is 11.9 Å². The highest BCUT2D eigenvalue weighted by Crippen LogP contribution is 2.41. The summed E-state index contributed by atoms with van der Waals surface area (Å²) in [5.74, 6) is -0.259. The number of hydrogen-bond donors (Lipinski definition) is 3. The first-order chi connectivity index (χ1) is 21.4. The van der Waals surface area contributed by atoms with Crippen molar-refractivity contribution in [3.63, 3.8) is 0 Å². The summed E-state index contributed by atoms with van der Waals surface area (Å²) < 4.78 is 7.82. The zero-order valence-electron chi connectivity index (χ0n) is 24.9. The highest BCUT2D eigenvalue weighted by Gasteiger charge is 2.43. The molecule has 0 radical (unpaired) electrons. The van der Waals surface area contributed by atoms with Crippen molar-refractivity contribution in [1.82, 2.24) is 24.7 Å². The van der Waals surface area contributed by atoms with Crippen LogP contribution in [0.4, 0.5) is 4.79 Å². The standard InChI is InChI=1S/C33H41N5O6/c39-19-15-34-16-20-44-23-33(43)14-8-7-13-28(33)38-24-35-29(30(38)26-11-5-2-6-12-26)31(40)37-18-17-36(32(41)42)22-27(37)21-25-9-3-1-4-10-25/h1-6,9-12,19,24,27-28,34,43H,7-8,13-18,20-23H2,(H,41,42)/t27-,28?,33?/m1/s1. The summed E-state index contributed by atoms with van der Waals surface area (Å²) in [6, 6.07) is 18.6. The van der Waals surface area contributed by atoms with Gasteiger partial charge < -0.3 is 39.4 Å². The summed E-state index contributed by atoms with van der Waals surface area (Å²) in [6.07, 6.45) is 4.98. The van der Waals surface area contributed by atoms with Crippen LogP contribution < -0.4 is 5.32 Å². The Hall–Kier alpha value is -4.06. The predicted molar refractivity (Wildman–Crippen MR) is 164 cm³/mol. The van der Waals surface area contributed by atoms with E-state index in [1.807, 2.05) is 65.2 Å². The van der Waals surface area contributed by atoms with Gasteiger partial charge in [0, 0.05) is 31.7 Å². The van der Waals surface area contributed by atoms with Gasteiger partial charge in [0.15, 0.2) is 5.69 Å². The van der Waals surface area contributed by atoms with Crippen molar-refractivity contribution < 1.29 is 29.3 Å². The van der Waals surface area contributed by atoms with E-state index < -0.39 is 11.7 Å². The average Bonchev–Trinajstić information content (AvgIpc) is 3.48. The van der Waals surface area contributed by atoms with Crippen LogP contribution in [0.2, 0.25) is 0 Å². The number of carbonyl (C=O) groups excluding carboxylic acids is 2. The molecule has 11 nitrogen and oxygen atoms in total. The number of aliphatic hydroxyl groups is 1. The summed E-state index contributed by atoms with van der Waals surface area (Å²) in [7, 11) is 0. The highest BCUT2D eigenvalue weighted by molar-refractivity contribution is 5.98. The maximum absolute atomic E-state index is 14.4. The number of aldehydes is 1. The van der Waals surface area contributed by atoms with Crippen LogP contribution in [0.5, 0.6) is 0 Å². The maximum Gasteiger partial charge on any atom is 0.407 e. The van der Waals surface area contributed by atoms with Gasteiger partial charge in [-0.2, -0.15) is 0 Å². The number of carbonyl (C=O) groups is 3. The van der Waals surface area contributed by atoms with Crippen molar-refractivity contribution in [2.24, 2.45) is 0 Å². The summed E-state index contributed by atoms with van der Waals surface area (Å²) in [5, 5.41) is 24.6. The first-order valence-corrected chi connectivity index (χ1v) is 15.3. The third kappa shape index (κ3) is 7.18. The van der Waals surface area contributed by atoms with Crippen LogP contribution in [-0.2, 0) is 16.0 Å². The lowest BCUT2D eigenvalue weighted by Crippen LogP contribution is -2.57. The normalized spacial score (nSPS) is 22.1. The number of nitrogens with one attached hydrogen (secondary N) is 1. The summed E-state index contributed by atoms with van der Waals surface area (Å²) in [4.78, 5) is 44.6. The van der Waals surface area contributed by atoms with Crippen LogP contribution in [0, 0.1) is 0 Å². The average molecular weight is 604 g/mol. The predicted octanol–water partition coefficient (Wildman–Crippen LogP) is 3.25. The maximum atomic E-state index is 14.4. The number of rotatable bonds is 12. The van der Waals surface area contributed by atoms with Gasteiger partial charge in [-0.25, -0.2) is 9.78 Å². The molecule has 0 bridgehead atoms. The number of imidazole rings is 1. The van der Waals surface area contributed by atoms with Crippen molar-refractivity contribution in [3.05, 3.63) is 78.2 Å². The lowest BCUT2D eigenvalue weighted by Gasteiger charge is -2.41. The minimum absolute atomic E-state index is 0.117. The fourth-order valence-corrected chi connectivity index (χ4v) is 6.45. The van der Waals surface area contributed by atoms with Crippen LogP contribution in [0.1, 0.15) is 47.8 Å². The molecule has 2 fully saturated rings. The summed E-state index contributed by atoms with van der Waals surface area (Å²) in [5.41, 5.74) is 1.57. The number of ether oxygens (including phenoxy) is 1. The first kappa shape index (κ1) is 31.4. The Labute approximate surface area is 257 Å². The zero-order valence-corrected chi connectivity index (χ0v) is 24.9. The number of benzene rings is 2. The largest absolute Gasteiger partial charge is 0.465 e. The van der Waals surface area contributed by atoms with Crippen molar-refractivity contribution in [2.75, 3.05) is 45.9 Å². The summed E-state index contributed by atoms with van der Waals surface area (Å²) >= 11 is 0. The third-order valence-electron chi connectivity index (χ3n) is 8.67. The molecule has 5 rings (SSSR count). The van der Waals surface area contributed by atoms with Gasteiger partial charge in [0.25, 0.3) is 5.91 Å². The molecule has 1 aromatic heterocycles. The van der Waals surface area contributed by atoms with Crippen LogP contribution in [-0.4, -0.2) is 105 Å². The Morgan fingerprint density at radius 3 is 2.55 bits per heavy atom. The van der Waals surface area contributed by atoms with E-state index >= 15 is 0 Å². The highest BCUT2D eigenvalue weighted by atomic mass is 16.5. The van der Waals surface area contributed by atoms with Crippen LogP contribution >= 0.6 is 0 Å². The van der Waals surface area contributed by atoms with E-state index in [0.717, 1.165) is 30.3 Å². The second-order valence-corrected chi connectivity index (χ2v) is 11.6. The molecular weight excluding hydrogens is 562 g/mol. The number of piperazine rings is 1. The molecule has 2 aliphatic rings. The molecule has 3 N–H and O–H groups in total. The second-order valence-electron chi connectivity index (χ2n) is 11.6. The topological polar surface area (TPSA) is 137 Å². The minimum atomic E-state index is -1.17. The third-order valence-corrected chi connectivity index (χ3v) is 8.67. The lowest BCUT2D eigenvalue weighted by atomic mass is 9.80. The molecule has 2 unspecified atom stereocenters. The molecule has 0 spiro atoms. The molecule has 1 saturated carbocycles. The van der Waals surface area contributed by atoms with E-state index in [4.69, 9.17) is 4.74 Å². The van der Waals surface area contributed by atoms with E-state index in [9.17, 15) is 24.6 Å². The molecule has 1 aliphatic carbocycles. The van der Waals surface area contributed by atoms with Crippen molar-refractivity contribution in [3.8, 4) is 11.3 Å². The van der Waals surface area contributed by atoms with Crippen LogP contribution in [0.15, 0.2) is 67.0 Å². The van der Waals surface area contributed by atoms with E-state index in [1.165, 1.54) is 4.90 Å². The first-order valence-electron chi connectivity index (χ1n) is 15.3. The van der Waals surface area contributed by atoms with E-state index in [2.05, 4.69) is 10.3 Å².